The number of pyridine rings is 1. The van der Waals surface area contributed by atoms with E-state index in [9.17, 15) is 0 Å². The number of hydrogen-bond acceptors (Lipinski definition) is 4. The molecule has 4 rings (SSSR count). The summed E-state index contributed by atoms with van der Waals surface area (Å²) in [7, 11) is 2.06. The smallest absolute Gasteiger partial charge is 0.127 e. The molecule has 1 atom stereocenters. The van der Waals surface area contributed by atoms with E-state index in [2.05, 4.69) is 65.9 Å². The van der Waals surface area contributed by atoms with Gasteiger partial charge in [-0.25, -0.2) is 4.98 Å². The van der Waals surface area contributed by atoms with E-state index >= 15 is 0 Å². The lowest BCUT2D eigenvalue weighted by Gasteiger charge is -2.35. The number of rotatable bonds is 3. The van der Waals surface area contributed by atoms with Crippen LogP contribution in [-0.2, 0) is 13.6 Å². The molecule has 25 heavy (non-hydrogen) atoms. The van der Waals surface area contributed by atoms with E-state index in [0.717, 1.165) is 42.0 Å². The predicted molar refractivity (Wildman–Crippen MR) is 106 cm³/mol. The number of nitrogens with zero attached hydrogens (tertiary/aromatic N) is 4. The maximum atomic E-state index is 4.62. The SMILES string of the molecule is Cl.Cn1ccnc1C1CNCCN1Cc1ccc(Br)c2cccnc12. The van der Waals surface area contributed by atoms with Crippen LogP contribution in [0.1, 0.15) is 17.4 Å². The van der Waals surface area contributed by atoms with Crippen molar-refractivity contribution >= 4 is 39.2 Å². The van der Waals surface area contributed by atoms with Crippen molar-refractivity contribution in [1.82, 2.24) is 24.8 Å². The Balaban J connectivity index is 0.00000182. The molecule has 0 amide bonds. The summed E-state index contributed by atoms with van der Waals surface area (Å²) in [6.07, 6.45) is 5.75. The van der Waals surface area contributed by atoms with E-state index in [1.807, 2.05) is 24.7 Å². The fraction of sp³-hybridized carbons (Fsp3) is 0.333. The van der Waals surface area contributed by atoms with Gasteiger partial charge in [-0.05, 0) is 17.7 Å². The average molecular weight is 423 g/mol. The molecule has 3 heterocycles. The van der Waals surface area contributed by atoms with E-state index in [0.29, 0.717) is 0 Å². The molecule has 7 heteroatoms. The molecule has 1 aliphatic rings. The minimum Gasteiger partial charge on any atom is -0.337 e. The third-order valence-electron chi connectivity index (χ3n) is 4.68. The number of fused-ring (bicyclic) bond motifs is 1. The summed E-state index contributed by atoms with van der Waals surface area (Å²) in [4.78, 5) is 11.7. The molecule has 1 fully saturated rings. The van der Waals surface area contributed by atoms with Gasteiger partial charge in [-0.3, -0.25) is 9.88 Å². The monoisotopic (exact) mass is 421 g/mol. The van der Waals surface area contributed by atoms with Gasteiger partial charge < -0.3 is 9.88 Å². The van der Waals surface area contributed by atoms with Gasteiger partial charge in [0, 0.05) is 61.7 Å². The first-order valence-electron chi connectivity index (χ1n) is 8.18. The minimum absolute atomic E-state index is 0. The van der Waals surface area contributed by atoms with Crippen LogP contribution in [0.2, 0.25) is 0 Å². The second-order valence-corrected chi connectivity index (χ2v) is 7.05. The molecule has 1 aromatic carbocycles. The van der Waals surface area contributed by atoms with Crippen LogP contribution >= 0.6 is 28.3 Å². The van der Waals surface area contributed by atoms with Gasteiger partial charge >= 0.3 is 0 Å². The van der Waals surface area contributed by atoms with Gasteiger partial charge in [-0.15, -0.1) is 12.4 Å². The first kappa shape index (κ1) is 18.3. The van der Waals surface area contributed by atoms with Crippen LogP contribution in [0.3, 0.4) is 0 Å². The predicted octanol–water partition coefficient (Wildman–Crippen LogP) is 3.30. The van der Waals surface area contributed by atoms with E-state index < -0.39 is 0 Å². The highest BCUT2D eigenvalue weighted by atomic mass is 79.9. The first-order valence-corrected chi connectivity index (χ1v) is 8.97. The maximum Gasteiger partial charge on any atom is 0.127 e. The van der Waals surface area contributed by atoms with Gasteiger partial charge in [0.2, 0.25) is 0 Å². The fourth-order valence-electron chi connectivity index (χ4n) is 3.43. The summed E-state index contributed by atoms with van der Waals surface area (Å²) in [5, 5.41) is 4.66. The van der Waals surface area contributed by atoms with Gasteiger partial charge in [0.1, 0.15) is 5.82 Å². The second kappa shape index (κ2) is 7.83. The summed E-state index contributed by atoms with van der Waals surface area (Å²) in [6, 6.07) is 8.68. The number of benzene rings is 1. The van der Waals surface area contributed by atoms with Crippen LogP contribution in [0.25, 0.3) is 10.9 Å². The van der Waals surface area contributed by atoms with Gasteiger partial charge in [0.05, 0.1) is 11.6 Å². The molecule has 1 N–H and O–H groups in total. The van der Waals surface area contributed by atoms with Crippen molar-refractivity contribution in [1.29, 1.82) is 0 Å². The quantitative estimate of drug-likeness (QED) is 0.703. The molecule has 0 bridgehead atoms. The summed E-state index contributed by atoms with van der Waals surface area (Å²) < 4.78 is 3.21. The lowest BCUT2D eigenvalue weighted by molar-refractivity contribution is 0.145. The highest BCUT2D eigenvalue weighted by molar-refractivity contribution is 9.10. The van der Waals surface area contributed by atoms with Crippen molar-refractivity contribution in [2.75, 3.05) is 19.6 Å². The molecular weight excluding hydrogens is 402 g/mol. The van der Waals surface area contributed by atoms with Crippen LogP contribution in [0.4, 0.5) is 0 Å². The largest absolute Gasteiger partial charge is 0.337 e. The highest BCUT2D eigenvalue weighted by Crippen LogP contribution is 2.28. The van der Waals surface area contributed by atoms with E-state index in [1.54, 1.807) is 0 Å². The van der Waals surface area contributed by atoms with Crippen molar-refractivity contribution in [3.05, 3.63) is 58.7 Å². The molecule has 1 unspecified atom stereocenters. The summed E-state index contributed by atoms with van der Waals surface area (Å²) >= 11 is 3.63. The molecule has 0 spiro atoms. The number of piperazine rings is 1. The molecule has 0 aliphatic carbocycles. The molecule has 1 aliphatic heterocycles. The Labute approximate surface area is 162 Å². The zero-order chi connectivity index (χ0) is 16.5. The number of imidazole rings is 1. The molecular formula is C18H21BrClN5. The first-order chi connectivity index (χ1) is 11.7. The Kier molecular flexibility index (Phi) is 5.74. The topological polar surface area (TPSA) is 46.0 Å². The molecule has 132 valence electrons. The molecule has 0 saturated carbocycles. The Morgan fingerprint density at radius 2 is 2.12 bits per heavy atom. The lowest BCUT2D eigenvalue weighted by atomic mass is 10.1. The fourth-order valence-corrected chi connectivity index (χ4v) is 3.88. The van der Waals surface area contributed by atoms with Gasteiger partial charge in [-0.1, -0.05) is 28.1 Å². The Morgan fingerprint density at radius 3 is 2.92 bits per heavy atom. The van der Waals surface area contributed by atoms with E-state index in [1.165, 1.54) is 10.9 Å². The van der Waals surface area contributed by atoms with Crippen molar-refractivity contribution in [3.8, 4) is 0 Å². The zero-order valence-corrected chi connectivity index (χ0v) is 16.4. The molecule has 3 aromatic rings. The molecule has 1 saturated heterocycles. The number of nitrogens with one attached hydrogen (secondary N) is 1. The lowest BCUT2D eigenvalue weighted by Crippen LogP contribution is -2.46. The van der Waals surface area contributed by atoms with Crippen molar-refractivity contribution in [2.24, 2.45) is 7.05 Å². The van der Waals surface area contributed by atoms with Crippen LogP contribution in [0, 0.1) is 0 Å². The number of halogens is 2. The van der Waals surface area contributed by atoms with Gasteiger partial charge in [0.15, 0.2) is 0 Å². The van der Waals surface area contributed by atoms with Crippen molar-refractivity contribution in [3.63, 3.8) is 0 Å². The van der Waals surface area contributed by atoms with Crippen molar-refractivity contribution in [2.45, 2.75) is 12.6 Å². The number of aromatic nitrogens is 3. The van der Waals surface area contributed by atoms with Gasteiger partial charge in [0.25, 0.3) is 0 Å². The average Bonchev–Trinajstić information content (AvgIpc) is 3.04. The van der Waals surface area contributed by atoms with Crippen LogP contribution in [0.15, 0.2) is 47.3 Å². The Bertz CT molecular complexity index is 866. The summed E-state index contributed by atoms with van der Waals surface area (Å²) in [5.41, 5.74) is 2.33. The maximum absolute atomic E-state index is 4.62. The zero-order valence-electron chi connectivity index (χ0n) is 14.0. The third-order valence-corrected chi connectivity index (χ3v) is 5.38. The minimum atomic E-state index is 0. The standard InChI is InChI=1S/C18H20BrN5.ClH/c1-23-9-8-22-18(23)16-11-20-7-10-24(16)12-13-4-5-15(19)14-3-2-6-21-17(13)14;/h2-6,8-9,16,20H,7,10-12H2,1H3;1H. The molecule has 2 aromatic heterocycles. The Hall–Kier alpha value is -1.47. The van der Waals surface area contributed by atoms with Crippen LogP contribution in [-0.4, -0.2) is 39.1 Å². The second-order valence-electron chi connectivity index (χ2n) is 6.19. The van der Waals surface area contributed by atoms with E-state index in [-0.39, 0.29) is 18.4 Å². The highest BCUT2D eigenvalue weighted by Gasteiger charge is 2.27. The van der Waals surface area contributed by atoms with Crippen molar-refractivity contribution < 1.29 is 0 Å². The summed E-state index contributed by atoms with van der Waals surface area (Å²) in [6.45, 7) is 3.80. The van der Waals surface area contributed by atoms with Crippen LogP contribution < -0.4 is 5.32 Å². The number of aryl methyl sites for hydroxylation is 1. The van der Waals surface area contributed by atoms with E-state index in [4.69, 9.17) is 0 Å². The summed E-state index contributed by atoms with van der Waals surface area (Å²) in [5.74, 6) is 1.11. The normalized spacial score (nSPS) is 18.2. The number of hydrogen-bond donors (Lipinski definition) is 1. The van der Waals surface area contributed by atoms with Gasteiger partial charge in [-0.2, -0.15) is 0 Å². The third kappa shape index (κ3) is 3.58. The van der Waals surface area contributed by atoms with Crippen LogP contribution in [0.5, 0.6) is 0 Å². The molecule has 5 nitrogen and oxygen atoms in total. The Morgan fingerprint density at radius 1 is 1.24 bits per heavy atom. The molecule has 0 radical (unpaired) electrons.